The topological polar surface area (TPSA) is 54.5 Å². The van der Waals surface area contributed by atoms with E-state index < -0.39 is 39.0 Å². The van der Waals surface area contributed by atoms with Crippen LogP contribution >= 0.6 is 0 Å². The zero-order valence-electron chi connectivity index (χ0n) is 11.0. The molecule has 1 aromatic carbocycles. The molecule has 4 nitrogen and oxygen atoms in total. The third kappa shape index (κ3) is 2.82. The van der Waals surface area contributed by atoms with Crippen LogP contribution in [0.1, 0.15) is 23.7 Å². The van der Waals surface area contributed by atoms with E-state index in [1.54, 1.807) is 6.92 Å². The van der Waals surface area contributed by atoms with Gasteiger partial charge in [0.15, 0.2) is 9.84 Å². The van der Waals surface area contributed by atoms with Gasteiger partial charge < -0.3 is 4.90 Å². The lowest BCUT2D eigenvalue weighted by Crippen LogP contribution is -2.41. The molecule has 7 heteroatoms. The molecule has 0 N–H and O–H groups in total. The van der Waals surface area contributed by atoms with E-state index in [1.807, 2.05) is 0 Å². The van der Waals surface area contributed by atoms with Crippen LogP contribution in [0.4, 0.5) is 8.78 Å². The van der Waals surface area contributed by atoms with Crippen LogP contribution in [0.3, 0.4) is 0 Å². The highest BCUT2D eigenvalue weighted by atomic mass is 32.2. The number of carbonyl (C=O) groups is 1. The van der Waals surface area contributed by atoms with Gasteiger partial charge >= 0.3 is 0 Å². The summed E-state index contributed by atoms with van der Waals surface area (Å²) in [5, 5.41) is 0. The smallest absolute Gasteiger partial charge is 0.260 e. The zero-order chi connectivity index (χ0) is 14.9. The molecule has 1 fully saturated rings. The van der Waals surface area contributed by atoms with Crippen molar-refractivity contribution in [3.05, 3.63) is 35.4 Å². The molecule has 1 aliphatic heterocycles. The van der Waals surface area contributed by atoms with Crippen molar-refractivity contribution in [3.63, 3.8) is 0 Å². The van der Waals surface area contributed by atoms with Crippen LogP contribution in [0, 0.1) is 11.6 Å². The molecule has 0 aromatic heterocycles. The predicted molar refractivity (Wildman–Crippen MR) is 70.1 cm³/mol. The second-order valence-electron chi connectivity index (χ2n) is 4.74. The minimum atomic E-state index is -3.17. The van der Waals surface area contributed by atoms with Gasteiger partial charge in [0.1, 0.15) is 17.2 Å². The number of nitrogens with zero attached hydrogens (tertiary/aromatic N) is 1. The number of halogens is 2. The number of benzene rings is 1. The van der Waals surface area contributed by atoms with Crippen LogP contribution in [0.15, 0.2) is 18.2 Å². The molecule has 0 radical (unpaired) electrons. The average molecular weight is 303 g/mol. The average Bonchev–Trinajstić information content (AvgIpc) is 2.70. The summed E-state index contributed by atoms with van der Waals surface area (Å²) in [6, 6.07) is 2.68. The fourth-order valence-electron chi connectivity index (χ4n) is 2.43. The Bertz CT molecular complexity index is 610. The minimum absolute atomic E-state index is 0.00119. The molecule has 2 rings (SSSR count). The van der Waals surface area contributed by atoms with Crippen molar-refractivity contribution in [2.75, 3.05) is 18.1 Å². The Morgan fingerprint density at radius 1 is 1.35 bits per heavy atom. The maximum absolute atomic E-state index is 13.6. The molecule has 20 heavy (non-hydrogen) atoms. The molecule has 1 aromatic rings. The molecule has 1 saturated heterocycles. The van der Waals surface area contributed by atoms with Crippen molar-refractivity contribution < 1.29 is 22.0 Å². The second kappa shape index (κ2) is 5.47. The summed E-state index contributed by atoms with van der Waals surface area (Å²) in [7, 11) is -3.17. The lowest BCUT2D eigenvalue weighted by Gasteiger charge is -2.27. The Balaban J connectivity index is 2.31. The molecular formula is C13H15F2NO3S. The second-order valence-corrected chi connectivity index (χ2v) is 6.97. The first-order valence-corrected chi connectivity index (χ1v) is 8.13. The van der Waals surface area contributed by atoms with Crippen LogP contribution in [0.5, 0.6) is 0 Å². The zero-order valence-corrected chi connectivity index (χ0v) is 11.8. The fourth-order valence-corrected chi connectivity index (χ4v) is 4.17. The maximum Gasteiger partial charge on any atom is 0.260 e. The first-order chi connectivity index (χ1) is 9.35. The highest BCUT2D eigenvalue weighted by molar-refractivity contribution is 7.91. The summed E-state index contributed by atoms with van der Waals surface area (Å²) in [6.07, 6.45) is 0.304. The predicted octanol–water partition coefficient (Wildman–Crippen LogP) is 1.61. The minimum Gasteiger partial charge on any atom is -0.335 e. The van der Waals surface area contributed by atoms with Crippen LogP contribution in [-0.4, -0.2) is 43.3 Å². The van der Waals surface area contributed by atoms with Crippen LogP contribution in [0.2, 0.25) is 0 Å². The van der Waals surface area contributed by atoms with Gasteiger partial charge in [-0.1, -0.05) is 6.07 Å². The highest BCUT2D eigenvalue weighted by Crippen LogP contribution is 2.22. The number of amides is 1. The number of hydrogen-bond donors (Lipinski definition) is 0. The summed E-state index contributed by atoms with van der Waals surface area (Å²) >= 11 is 0. The SMILES string of the molecule is CCN(C(=O)c1c(F)cccc1F)[C@@H]1CCS(=O)(=O)C1. The van der Waals surface area contributed by atoms with Crippen LogP contribution in [-0.2, 0) is 9.84 Å². The van der Waals surface area contributed by atoms with Crippen molar-refractivity contribution in [1.29, 1.82) is 0 Å². The van der Waals surface area contributed by atoms with Gasteiger partial charge in [-0.2, -0.15) is 0 Å². The molecule has 1 heterocycles. The van der Waals surface area contributed by atoms with Crippen LogP contribution < -0.4 is 0 Å². The van der Waals surface area contributed by atoms with E-state index in [2.05, 4.69) is 0 Å². The summed E-state index contributed by atoms with van der Waals surface area (Å²) in [6.45, 7) is 1.86. The molecule has 110 valence electrons. The Hall–Kier alpha value is -1.50. The van der Waals surface area contributed by atoms with Gasteiger partial charge in [-0.3, -0.25) is 4.79 Å². The molecule has 1 aliphatic rings. The van der Waals surface area contributed by atoms with E-state index in [4.69, 9.17) is 0 Å². The van der Waals surface area contributed by atoms with Crippen molar-refractivity contribution >= 4 is 15.7 Å². The lowest BCUT2D eigenvalue weighted by atomic mass is 10.1. The van der Waals surface area contributed by atoms with E-state index in [1.165, 1.54) is 11.0 Å². The van der Waals surface area contributed by atoms with Gasteiger partial charge in [-0.05, 0) is 25.5 Å². The van der Waals surface area contributed by atoms with Crippen molar-refractivity contribution in [3.8, 4) is 0 Å². The van der Waals surface area contributed by atoms with Gasteiger partial charge in [0, 0.05) is 12.6 Å². The fraction of sp³-hybridized carbons (Fsp3) is 0.462. The Labute approximate surface area is 116 Å². The summed E-state index contributed by atoms with van der Waals surface area (Å²) in [4.78, 5) is 13.5. The van der Waals surface area contributed by atoms with Gasteiger partial charge in [0.05, 0.1) is 11.5 Å². The number of carbonyl (C=O) groups excluding carboxylic acids is 1. The van der Waals surface area contributed by atoms with E-state index in [0.29, 0.717) is 6.42 Å². The van der Waals surface area contributed by atoms with Gasteiger partial charge in [0.25, 0.3) is 5.91 Å². The van der Waals surface area contributed by atoms with Crippen LogP contribution in [0.25, 0.3) is 0 Å². The first kappa shape index (κ1) is 14.9. The van der Waals surface area contributed by atoms with E-state index in [9.17, 15) is 22.0 Å². The summed E-state index contributed by atoms with van der Waals surface area (Å²) < 4.78 is 50.2. The molecule has 1 amide bonds. The Morgan fingerprint density at radius 2 is 1.95 bits per heavy atom. The summed E-state index contributed by atoms with van der Waals surface area (Å²) in [5.41, 5.74) is -0.626. The van der Waals surface area contributed by atoms with Crippen molar-refractivity contribution in [2.24, 2.45) is 0 Å². The first-order valence-electron chi connectivity index (χ1n) is 6.31. The van der Waals surface area contributed by atoms with E-state index >= 15 is 0 Å². The third-order valence-electron chi connectivity index (χ3n) is 3.43. The van der Waals surface area contributed by atoms with Gasteiger partial charge in [-0.15, -0.1) is 0 Å². The molecule has 1 atom stereocenters. The van der Waals surface area contributed by atoms with Crippen molar-refractivity contribution in [2.45, 2.75) is 19.4 Å². The lowest BCUT2D eigenvalue weighted by molar-refractivity contribution is 0.0698. The normalized spacial score (nSPS) is 20.9. The number of sulfone groups is 1. The van der Waals surface area contributed by atoms with E-state index in [0.717, 1.165) is 12.1 Å². The van der Waals surface area contributed by atoms with E-state index in [-0.39, 0.29) is 18.1 Å². The molecule has 0 aliphatic carbocycles. The standard InChI is InChI=1S/C13H15F2NO3S/c1-2-16(9-6-7-20(18,19)8-9)13(17)12-10(14)4-3-5-11(12)15/h3-5,9H,2,6-8H2,1H3/t9-/m1/s1. The number of hydrogen-bond acceptors (Lipinski definition) is 3. The largest absolute Gasteiger partial charge is 0.335 e. The molecular weight excluding hydrogens is 288 g/mol. The van der Waals surface area contributed by atoms with Gasteiger partial charge in [-0.25, -0.2) is 17.2 Å². The summed E-state index contributed by atoms with van der Waals surface area (Å²) in [5.74, 6) is -2.82. The van der Waals surface area contributed by atoms with Crippen molar-refractivity contribution in [1.82, 2.24) is 4.90 Å². The number of rotatable bonds is 3. The highest BCUT2D eigenvalue weighted by Gasteiger charge is 2.35. The molecule has 0 unspecified atom stereocenters. The monoisotopic (exact) mass is 303 g/mol. The third-order valence-corrected chi connectivity index (χ3v) is 5.18. The molecule has 0 spiro atoms. The van der Waals surface area contributed by atoms with Gasteiger partial charge in [0.2, 0.25) is 0 Å². The Morgan fingerprint density at radius 3 is 2.40 bits per heavy atom. The maximum atomic E-state index is 13.6. The Kier molecular flexibility index (Phi) is 4.08. The molecule has 0 bridgehead atoms. The quantitative estimate of drug-likeness (QED) is 0.852. The molecule has 0 saturated carbocycles.